The van der Waals surface area contributed by atoms with E-state index in [1.54, 1.807) is 0 Å². The van der Waals surface area contributed by atoms with Crippen molar-refractivity contribution in [1.29, 1.82) is 0 Å². The number of likely N-dealkylation sites (tertiary alicyclic amines) is 1. The van der Waals surface area contributed by atoms with Gasteiger partial charge in [0.25, 0.3) is 0 Å². The highest BCUT2D eigenvalue weighted by molar-refractivity contribution is 5.84. The van der Waals surface area contributed by atoms with Crippen molar-refractivity contribution in [3.05, 3.63) is 0 Å². The monoisotopic (exact) mass is 281 g/mol. The lowest BCUT2D eigenvalue weighted by molar-refractivity contribution is -0.127. The average molecular weight is 281 g/mol. The Hall–Kier alpha value is -0.650. The summed E-state index contributed by atoms with van der Waals surface area (Å²) in [4.78, 5) is 14.5. The van der Waals surface area contributed by atoms with Crippen molar-refractivity contribution in [3.63, 3.8) is 0 Å². The van der Waals surface area contributed by atoms with Crippen LogP contribution in [0.3, 0.4) is 0 Å². The molecular formula is C15H27N3O2. The summed E-state index contributed by atoms with van der Waals surface area (Å²) in [5, 5.41) is 3.37. The van der Waals surface area contributed by atoms with Crippen molar-refractivity contribution in [2.24, 2.45) is 5.73 Å². The third kappa shape index (κ3) is 2.59. The number of rotatable bonds is 4. The van der Waals surface area contributed by atoms with Gasteiger partial charge in [0, 0.05) is 19.1 Å². The molecule has 2 saturated heterocycles. The van der Waals surface area contributed by atoms with Crippen LogP contribution in [0, 0.1) is 0 Å². The molecule has 2 bridgehead atoms. The van der Waals surface area contributed by atoms with E-state index < -0.39 is 5.54 Å². The van der Waals surface area contributed by atoms with Gasteiger partial charge in [-0.15, -0.1) is 0 Å². The summed E-state index contributed by atoms with van der Waals surface area (Å²) in [6.07, 6.45) is 7.21. The Morgan fingerprint density at radius 2 is 2.05 bits per heavy atom. The van der Waals surface area contributed by atoms with Gasteiger partial charge in [0.15, 0.2) is 0 Å². The smallest absolute Gasteiger partial charge is 0.237 e. The van der Waals surface area contributed by atoms with E-state index >= 15 is 0 Å². The maximum atomic E-state index is 12.0. The second kappa shape index (κ2) is 5.62. The number of likely N-dealkylation sites (N-methyl/N-ethyl adjacent to an activating group) is 1. The first-order chi connectivity index (χ1) is 9.63. The number of primary amides is 1. The summed E-state index contributed by atoms with van der Waals surface area (Å²) in [6, 6.07) is 0.474. The van der Waals surface area contributed by atoms with Crippen molar-refractivity contribution in [3.8, 4) is 0 Å². The quantitative estimate of drug-likeness (QED) is 0.793. The van der Waals surface area contributed by atoms with Gasteiger partial charge in [-0.25, -0.2) is 0 Å². The number of hydrogen-bond donors (Lipinski definition) is 2. The lowest BCUT2D eigenvalue weighted by atomic mass is 9.77. The minimum absolute atomic E-state index is 0.180. The molecule has 1 amide bonds. The Morgan fingerprint density at radius 1 is 1.35 bits per heavy atom. The van der Waals surface area contributed by atoms with Gasteiger partial charge in [0.2, 0.25) is 5.91 Å². The Morgan fingerprint density at radius 3 is 2.65 bits per heavy atom. The number of nitrogens with two attached hydrogens (primary N) is 1. The zero-order valence-corrected chi connectivity index (χ0v) is 12.4. The van der Waals surface area contributed by atoms with Crippen LogP contribution in [-0.4, -0.2) is 54.2 Å². The van der Waals surface area contributed by atoms with Crippen molar-refractivity contribution in [1.82, 2.24) is 10.2 Å². The molecule has 2 heterocycles. The Kier molecular flexibility index (Phi) is 4.02. The number of carbonyl (C=O) groups is 1. The Balaban J connectivity index is 1.69. The first kappa shape index (κ1) is 14.3. The standard InChI is InChI=1S/C15H27N3O2/c1-2-17-15(14(16)19)7-3-4-11(8-15)18-9-12-5-6-13(10-18)20-12/h11-13,17H,2-10H2,1H3,(H2,16,19). The summed E-state index contributed by atoms with van der Waals surface area (Å²) >= 11 is 0. The zero-order chi connectivity index (χ0) is 14.2. The van der Waals surface area contributed by atoms with Crippen LogP contribution in [0.5, 0.6) is 0 Å². The number of hydrogen-bond acceptors (Lipinski definition) is 4. The van der Waals surface area contributed by atoms with E-state index in [9.17, 15) is 4.79 Å². The summed E-state index contributed by atoms with van der Waals surface area (Å²) in [5.41, 5.74) is 5.21. The molecule has 20 heavy (non-hydrogen) atoms. The second-order valence-electron chi connectivity index (χ2n) is 6.64. The van der Waals surface area contributed by atoms with Crippen LogP contribution in [0.4, 0.5) is 0 Å². The van der Waals surface area contributed by atoms with Crippen molar-refractivity contribution in [2.45, 2.75) is 69.2 Å². The molecule has 3 aliphatic rings. The summed E-state index contributed by atoms with van der Waals surface area (Å²) < 4.78 is 5.92. The lowest BCUT2D eigenvalue weighted by Crippen LogP contribution is -2.61. The van der Waals surface area contributed by atoms with Gasteiger partial charge < -0.3 is 15.8 Å². The normalized spacial score (nSPS) is 41.8. The van der Waals surface area contributed by atoms with E-state index in [1.165, 1.54) is 19.3 Å². The van der Waals surface area contributed by atoms with E-state index in [1.807, 2.05) is 6.92 Å². The Bertz CT molecular complexity index is 360. The first-order valence-electron chi connectivity index (χ1n) is 8.07. The molecule has 0 spiro atoms. The minimum Gasteiger partial charge on any atom is -0.372 e. The predicted molar refractivity (Wildman–Crippen MR) is 77.3 cm³/mol. The number of ether oxygens (including phenoxy) is 1. The van der Waals surface area contributed by atoms with E-state index in [-0.39, 0.29) is 5.91 Å². The molecule has 4 unspecified atom stereocenters. The molecule has 114 valence electrons. The fourth-order valence-corrected chi connectivity index (χ4v) is 4.31. The van der Waals surface area contributed by atoms with Crippen LogP contribution < -0.4 is 11.1 Å². The fourth-order valence-electron chi connectivity index (χ4n) is 4.31. The largest absolute Gasteiger partial charge is 0.372 e. The predicted octanol–water partition coefficient (Wildman–Crippen LogP) is 0.626. The number of amides is 1. The third-order valence-corrected chi connectivity index (χ3v) is 5.30. The SMILES string of the molecule is CCNC1(C(N)=O)CCCC(N2CC3CCC(C2)O3)C1. The summed E-state index contributed by atoms with van der Waals surface area (Å²) in [5.74, 6) is -0.180. The second-order valence-corrected chi connectivity index (χ2v) is 6.64. The van der Waals surface area contributed by atoms with Crippen molar-refractivity contribution < 1.29 is 9.53 Å². The maximum Gasteiger partial charge on any atom is 0.237 e. The van der Waals surface area contributed by atoms with Gasteiger partial charge in [-0.2, -0.15) is 0 Å². The molecule has 0 aromatic rings. The molecule has 3 rings (SSSR count). The van der Waals surface area contributed by atoms with Gasteiger partial charge in [0.1, 0.15) is 0 Å². The van der Waals surface area contributed by atoms with Crippen molar-refractivity contribution >= 4 is 5.91 Å². The van der Waals surface area contributed by atoms with Crippen LogP contribution in [0.15, 0.2) is 0 Å². The molecule has 0 aromatic heterocycles. The van der Waals surface area contributed by atoms with Crippen LogP contribution in [0.25, 0.3) is 0 Å². The molecule has 5 nitrogen and oxygen atoms in total. The molecule has 5 heteroatoms. The fraction of sp³-hybridized carbons (Fsp3) is 0.933. The molecule has 0 aromatic carbocycles. The number of carbonyl (C=O) groups excluding carboxylic acids is 1. The van der Waals surface area contributed by atoms with E-state index in [4.69, 9.17) is 10.5 Å². The lowest BCUT2D eigenvalue weighted by Gasteiger charge is -2.45. The van der Waals surface area contributed by atoms with Gasteiger partial charge in [-0.05, 0) is 45.1 Å². The molecule has 0 radical (unpaired) electrons. The highest BCUT2D eigenvalue weighted by Gasteiger charge is 2.44. The molecule has 1 saturated carbocycles. The van der Waals surface area contributed by atoms with Crippen molar-refractivity contribution in [2.75, 3.05) is 19.6 Å². The number of nitrogens with zero attached hydrogens (tertiary/aromatic N) is 1. The highest BCUT2D eigenvalue weighted by atomic mass is 16.5. The van der Waals surface area contributed by atoms with E-state index in [2.05, 4.69) is 10.2 Å². The molecule has 2 aliphatic heterocycles. The Labute approximate surface area is 121 Å². The first-order valence-corrected chi connectivity index (χ1v) is 8.07. The summed E-state index contributed by atoms with van der Waals surface area (Å²) in [6.45, 7) is 4.90. The van der Waals surface area contributed by atoms with Crippen LogP contribution in [-0.2, 0) is 9.53 Å². The number of nitrogens with one attached hydrogen (secondary N) is 1. The van der Waals surface area contributed by atoms with Gasteiger partial charge in [0.05, 0.1) is 17.7 Å². The van der Waals surface area contributed by atoms with Crippen LogP contribution in [0.1, 0.15) is 45.4 Å². The summed E-state index contributed by atoms with van der Waals surface area (Å²) in [7, 11) is 0. The molecular weight excluding hydrogens is 254 g/mol. The van der Waals surface area contributed by atoms with Crippen LogP contribution >= 0.6 is 0 Å². The molecule has 1 aliphatic carbocycles. The van der Waals surface area contributed by atoms with Gasteiger partial charge in [-0.1, -0.05) is 6.92 Å². The highest BCUT2D eigenvalue weighted by Crippen LogP contribution is 2.35. The van der Waals surface area contributed by atoms with Gasteiger partial charge in [-0.3, -0.25) is 9.69 Å². The number of morpholine rings is 1. The maximum absolute atomic E-state index is 12.0. The topological polar surface area (TPSA) is 67.6 Å². The van der Waals surface area contributed by atoms with E-state index in [0.717, 1.165) is 38.9 Å². The molecule has 3 fully saturated rings. The van der Waals surface area contributed by atoms with Crippen LogP contribution in [0.2, 0.25) is 0 Å². The number of fused-ring (bicyclic) bond motifs is 2. The third-order valence-electron chi connectivity index (χ3n) is 5.30. The zero-order valence-electron chi connectivity index (χ0n) is 12.4. The molecule has 3 N–H and O–H groups in total. The molecule has 4 atom stereocenters. The minimum atomic E-state index is -0.491. The van der Waals surface area contributed by atoms with Gasteiger partial charge >= 0.3 is 0 Å². The van der Waals surface area contributed by atoms with E-state index in [0.29, 0.717) is 18.2 Å². The average Bonchev–Trinajstić information content (AvgIpc) is 2.78.